The summed E-state index contributed by atoms with van der Waals surface area (Å²) in [6.45, 7) is 2.96. The van der Waals surface area contributed by atoms with Crippen LogP contribution >= 0.6 is 0 Å². The number of para-hydroxylation sites is 2. The molecular weight excluding hydrogens is 354 g/mol. The zero-order chi connectivity index (χ0) is 19.0. The monoisotopic (exact) mass is 374 g/mol. The Labute approximate surface area is 155 Å². The van der Waals surface area contributed by atoms with Gasteiger partial charge in [0.1, 0.15) is 11.8 Å². The van der Waals surface area contributed by atoms with Crippen molar-refractivity contribution in [3.8, 4) is 11.5 Å². The highest BCUT2D eigenvalue weighted by Crippen LogP contribution is 2.34. The lowest BCUT2D eigenvalue weighted by Gasteiger charge is -2.31. The first kappa shape index (κ1) is 17.6. The summed E-state index contributed by atoms with van der Waals surface area (Å²) < 4.78 is 40.3. The fourth-order valence-corrected chi connectivity index (χ4v) is 3.50. The van der Waals surface area contributed by atoms with Gasteiger partial charge in [0, 0.05) is 18.8 Å². The Morgan fingerprint density at radius 1 is 1.07 bits per heavy atom. The minimum absolute atomic E-state index is 0.0370. The Morgan fingerprint density at radius 2 is 1.67 bits per heavy atom. The molecule has 0 unspecified atom stereocenters. The third-order valence-corrected chi connectivity index (χ3v) is 4.81. The number of ether oxygens (including phenoxy) is 2. The Kier molecular flexibility index (Phi) is 4.59. The van der Waals surface area contributed by atoms with E-state index in [0.717, 1.165) is 25.0 Å². The molecule has 7 heteroatoms. The van der Waals surface area contributed by atoms with Crippen LogP contribution in [0, 0.1) is 11.6 Å². The lowest BCUT2D eigenvalue weighted by atomic mass is 10.1. The number of carbonyl (C=O) groups excluding carboxylic acids is 1. The lowest BCUT2D eigenvalue weighted by molar-refractivity contribution is -0.128. The van der Waals surface area contributed by atoms with Crippen LogP contribution in [0.25, 0.3) is 0 Å². The second-order valence-electron chi connectivity index (χ2n) is 6.78. The van der Waals surface area contributed by atoms with Gasteiger partial charge in [-0.1, -0.05) is 12.1 Å². The van der Waals surface area contributed by atoms with Gasteiger partial charge in [-0.3, -0.25) is 4.79 Å². The van der Waals surface area contributed by atoms with Gasteiger partial charge in [-0.2, -0.15) is 0 Å². The molecule has 2 aromatic rings. The van der Waals surface area contributed by atoms with E-state index in [1.165, 1.54) is 0 Å². The third kappa shape index (κ3) is 3.41. The van der Waals surface area contributed by atoms with E-state index in [9.17, 15) is 13.6 Å². The average Bonchev–Trinajstić information content (AvgIpc) is 3.14. The second kappa shape index (κ2) is 7.06. The van der Waals surface area contributed by atoms with E-state index in [0.29, 0.717) is 24.6 Å². The molecule has 1 amide bonds. The first-order chi connectivity index (χ1) is 13.0. The number of carbonyl (C=O) groups is 1. The van der Waals surface area contributed by atoms with Crippen LogP contribution in [0.2, 0.25) is 0 Å². The number of hydrogen-bond donors (Lipinski definition) is 1. The van der Waals surface area contributed by atoms with E-state index in [1.807, 2.05) is 6.07 Å². The highest BCUT2D eigenvalue weighted by atomic mass is 19.1. The number of amides is 1. The van der Waals surface area contributed by atoms with Crippen LogP contribution in [0.4, 0.5) is 20.2 Å². The molecule has 5 nitrogen and oxygen atoms in total. The minimum Gasteiger partial charge on any atom is -0.482 e. The molecule has 142 valence electrons. The van der Waals surface area contributed by atoms with Crippen molar-refractivity contribution in [3.05, 3.63) is 48.0 Å². The maximum absolute atomic E-state index is 14.4. The molecule has 2 atom stereocenters. The summed E-state index contributed by atoms with van der Waals surface area (Å²) in [5.41, 5.74) is 0.0117. The number of anilines is 2. The van der Waals surface area contributed by atoms with E-state index in [1.54, 1.807) is 30.0 Å². The molecular formula is C20H20F2N2O3. The van der Waals surface area contributed by atoms with Gasteiger partial charge >= 0.3 is 0 Å². The summed E-state index contributed by atoms with van der Waals surface area (Å²) in [6, 6.07) is 9.30. The molecule has 0 aliphatic carbocycles. The fraction of sp³-hybridized carbons (Fsp3) is 0.350. The summed E-state index contributed by atoms with van der Waals surface area (Å²) in [7, 11) is 0. The number of halogens is 2. The maximum atomic E-state index is 14.4. The highest BCUT2D eigenvalue weighted by Gasteiger charge is 2.34. The van der Waals surface area contributed by atoms with Crippen LogP contribution in [0.15, 0.2) is 36.4 Å². The van der Waals surface area contributed by atoms with Crippen molar-refractivity contribution in [3.63, 3.8) is 0 Å². The summed E-state index contributed by atoms with van der Waals surface area (Å²) in [6.07, 6.45) is 0.355. The van der Waals surface area contributed by atoms with Gasteiger partial charge in [0.15, 0.2) is 23.1 Å². The van der Waals surface area contributed by atoms with Crippen LogP contribution in [0.5, 0.6) is 11.5 Å². The number of rotatable bonds is 3. The first-order valence-electron chi connectivity index (χ1n) is 9.00. The van der Waals surface area contributed by atoms with Gasteiger partial charge in [-0.25, -0.2) is 8.78 Å². The van der Waals surface area contributed by atoms with E-state index in [-0.39, 0.29) is 11.4 Å². The number of fused-ring (bicyclic) bond motifs is 1. The quantitative estimate of drug-likeness (QED) is 0.890. The predicted octanol–water partition coefficient (Wildman–Crippen LogP) is 3.73. The lowest BCUT2D eigenvalue weighted by Crippen LogP contribution is -2.46. The molecule has 0 saturated carbocycles. The molecule has 0 bridgehead atoms. The zero-order valence-electron chi connectivity index (χ0n) is 14.9. The van der Waals surface area contributed by atoms with Crippen LogP contribution in [-0.4, -0.2) is 31.2 Å². The van der Waals surface area contributed by atoms with Gasteiger partial charge < -0.3 is 19.7 Å². The van der Waals surface area contributed by atoms with Crippen LogP contribution < -0.4 is 19.7 Å². The molecule has 0 radical (unpaired) electrons. The Bertz CT molecular complexity index is 845. The average molecular weight is 374 g/mol. The molecule has 1 fully saturated rings. The van der Waals surface area contributed by atoms with Crippen molar-refractivity contribution in [2.75, 3.05) is 23.3 Å². The third-order valence-electron chi connectivity index (χ3n) is 4.81. The van der Waals surface area contributed by atoms with Gasteiger partial charge in [-0.15, -0.1) is 0 Å². The highest BCUT2D eigenvalue weighted by molar-refractivity contribution is 5.95. The zero-order valence-corrected chi connectivity index (χ0v) is 14.9. The number of benzene rings is 2. The number of nitrogens with zero attached hydrogens (tertiary/aromatic N) is 1. The predicted molar refractivity (Wildman–Crippen MR) is 97.4 cm³/mol. The van der Waals surface area contributed by atoms with E-state index in [2.05, 4.69) is 5.32 Å². The van der Waals surface area contributed by atoms with Crippen molar-refractivity contribution >= 4 is 17.3 Å². The molecule has 1 saturated heterocycles. The Hall–Kier alpha value is -2.83. The van der Waals surface area contributed by atoms with Crippen LogP contribution in [0.1, 0.15) is 19.8 Å². The standard InChI is InChI=1S/C20H20F2N2O3/c1-12-19(27-17-7-3-2-6-16(17)26-12)20(25)23-13-10-14(21)18(15(22)11-13)24-8-4-5-9-24/h2-3,6-7,10-12,19H,4-5,8-9H2,1H3,(H,23,25)/t12-,19+/m0/s1. The Morgan fingerprint density at radius 3 is 2.30 bits per heavy atom. The summed E-state index contributed by atoms with van der Waals surface area (Å²) in [5, 5.41) is 2.53. The summed E-state index contributed by atoms with van der Waals surface area (Å²) >= 11 is 0. The minimum atomic E-state index is -0.927. The van der Waals surface area contributed by atoms with Crippen LogP contribution in [-0.2, 0) is 4.79 Å². The molecule has 4 rings (SSSR count). The molecule has 0 aromatic heterocycles. The molecule has 2 heterocycles. The second-order valence-corrected chi connectivity index (χ2v) is 6.78. The Balaban J connectivity index is 1.51. The number of hydrogen-bond acceptors (Lipinski definition) is 4. The molecule has 0 spiro atoms. The summed E-state index contributed by atoms with van der Waals surface area (Å²) in [4.78, 5) is 14.3. The fourth-order valence-electron chi connectivity index (χ4n) is 3.50. The van der Waals surface area contributed by atoms with Crippen molar-refractivity contribution in [2.45, 2.75) is 32.0 Å². The van der Waals surface area contributed by atoms with Crippen molar-refractivity contribution < 1.29 is 23.0 Å². The molecule has 2 aliphatic heterocycles. The SMILES string of the molecule is C[C@@H]1Oc2ccccc2O[C@H]1C(=O)Nc1cc(F)c(N2CCCC2)c(F)c1. The molecule has 1 N–H and O–H groups in total. The van der Waals surface area contributed by atoms with Gasteiger partial charge in [0.2, 0.25) is 6.10 Å². The molecule has 2 aliphatic rings. The van der Waals surface area contributed by atoms with E-state index < -0.39 is 29.7 Å². The molecule has 27 heavy (non-hydrogen) atoms. The number of nitrogens with one attached hydrogen (secondary N) is 1. The largest absolute Gasteiger partial charge is 0.482 e. The first-order valence-corrected chi connectivity index (χ1v) is 9.00. The van der Waals surface area contributed by atoms with Crippen LogP contribution in [0.3, 0.4) is 0 Å². The van der Waals surface area contributed by atoms with Gasteiger partial charge in [0.25, 0.3) is 5.91 Å². The van der Waals surface area contributed by atoms with Gasteiger partial charge in [0.05, 0.1) is 0 Å². The maximum Gasteiger partial charge on any atom is 0.269 e. The normalized spacial score (nSPS) is 21.2. The summed E-state index contributed by atoms with van der Waals surface area (Å²) in [5.74, 6) is -0.888. The van der Waals surface area contributed by atoms with E-state index >= 15 is 0 Å². The van der Waals surface area contributed by atoms with Crippen molar-refractivity contribution in [1.29, 1.82) is 0 Å². The van der Waals surface area contributed by atoms with Gasteiger partial charge in [-0.05, 0) is 44.0 Å². The van der Waals surface area contributed by atoms with Crippen molar-refractivity contribution in [1.82, 2.24) is 0 Å². The van der Waals surface area contributed by atoms with Crippen molar-refractivity contribution in [2.24, 2.45) is 0 Å². The van der Waals surface area contributed by atoms with E-state index in [4.69, 9.17) is 9.47 Å². The topological polar surface area (TPSA) is 50.8 Å². The smallest absolute Gasteiger partial charge is 0.269 e. The molecule has 2 aromatic carbocycles.